The van der Waals surface area contributed by atoms with Gasteiger partial charge >= 0.3 is 0 Å². The van der Waals surface area contributed by atoms with E-state index in [1.165, 1.54) is 5.56 Å². The molecule has 3 aromatic rings. The first-order valence-electron chi connectivity index (χ1n) is 14.5. The van der Waals surface area contributed by atoms with E-state index in [1.807, 2.05) is 49.4 Å². The molecule has 1 saturated carbocycles. The molecule has 1 aliphatic heterocycles. The highest BCUT2D eigenvalue weighted by atomic mass is 16.5. The van der Waals surface area contributed by atoms with E-state index in [1.54, 1.807) is 14.2 Å². The largest absolute Gasteiger partial charge is 0.493 e. The van der Waals surface area contributed by atoms with Crippen LogP contribution in [0.25, 0.3) is 0 Å². The summed E-state index contributed by atoms with van der Waals surface area (Å²) in [5.41, 5.74) is 12.8. The minimum Gasteiger partial charge on any atom is -0.493 e. The van der Waals surface area contributed by atoms with Crippen molar-refractivity contribution in [1.29, 1.82) is 5.41 Å². The summed E-state index contributed by atoms with van der Waals surface area (Å²) in [7, 11) is 3.25. The van der Waals surface area contributed by atoms with Gasteiger partial charge in [-0.25, -0.2) is 0 Å². The Labute approximate surface area is 243 Å². The monoisotopic (exact) mass is 555 g/mol. The summed E-state index contributed by atoms with van der Waals surface area (Å²) in [6.07, 6.45) is 1.96. The van der Waals surface area contributed by atoms with E-state index in [0.29, 0.717) is 34.9 Å². The molecule has 41 heavy (non-hydrogen) atoms. The van der Waals surface area contributed by atoms with Crippen molar-refractivity contribution >= 4 is 17.2 Å². The van der Waals surface area contributed by atoms with Gasteiger partial charge in [-0.2, -0.15) is 0 Å². The average Bonchev–Trinajstić information content (AvgIpc) is 3.77. The van der Waals surface area contributed by atoms with Gasteiger partial charge in [0.1, 0.15) is 5.78 Å². The highest BCUT2D eigenvalue weighted by Crippen LogP contribution is 2.63. The fourth-order valence-electron chi connectivity index (χ4n) is 6.39. The van der Waals surface area contributed by atoms with Crippen LogP contribution < -0.4 is 15.2 Å². The zero-order valence-corrected chi connectivity index (χ0v) is 24.6. The fourth-order valence-corrected chi connectivity index (χ4v) is 6.39. The maximum atomic E-state index is 13.6. The molecule has 0 spiro atoms. The number of nitrogens with two attached hydrogens (primary N) is 1. The number of nitrogen functional groups attached to an aromatic ring is 1. The number of hydrogen-bond donors (Lipinski definition) is 2. The number of anilines is 1. The van der Waals surface area contributed by atoms with Gasteiger partial charge in [-0.3, -0.25) is 15.1 Å². The molecule has 1 aliphatic carbocycles. The van der Waals surface area contributed by atoms with Crippen LogP contribution in [-0.2, 0) is 27.9 Å². The Morgan fingerprint density at radius 2 is 1.78 bits per heavy atom. The molecule has 1 heterocycles. The molecule has 3 aromatic carbocycles. The number of carbonyl (C=O) groups excluding carboxylic acids is 1. The molecule has 2 fully saturated rings. The number of morpholine rings is 1. The normalized spacial score (nSPS) is 20.4. The van der Waals surface area contributed by atoms with Crippen molar-refractivity contribution < 1.29 is 19.0 Å². The van der Waals surface area contributed by atoms with Crippen molar-refractivity contribution in [3.05, 3.63) is 88.0 Å². The third-order valence-electron chi connectivity index (χ3n) is 8.72. The summed E-state index contributed by atoms with van der Waals surface area (Å²) in [5.74, 6) is 1.54. The summed E-state index contributed by atoms with van der Waals surface area (Å²) >= 11 is 0. The predicted octanol–water partition coefficient (Wildman–Crippen LogP) is 5.50. The highest BCUT2D eigenvalue weighted by molar-refractivity contribution is 6.14. The second-order valence-electron chi connectivity index (χ2n) is 11.0. The number of methoxy groups -OCH3 is 2. The number of nitrogens with one attached hydrogen (secondary N) is 1. The number of benzene rings is 3. The molecular weight excluding hydrogens is 514 g/mol. The molecule has 3 N–H and O–H groups in total. The van der Waals surface area contributed by atoms with Crippen molar-refractivity contribution in [2.24, 2.45) is 0 Å². The molecule has 2 aliphatic rings. The summed E-state index contributed by atoms with van der Waals surface area (Å²) in [5, 5.41) is 8.97. The van der Waals surface area contributed by atoms with Crippen molar-refractivity contribution in [3.8, 4) is 11.5 Å². The average molecular weight is 556 g/mol. The Morgan fingerprint density at radius 3 is 2.44 bits per heavy atom. The highest BCUT2D eigenvalue weighted by Gasteiger charge is 2.61. The van der Waals surface area contributed by atoms with E-state index < -0.39 is 5.41 Å². The van der Waals surface area contributed by atoms with Gasteiger partial charge in [-0.1, -0.05) is 44.2 Å². The standard InChI is InChI=1S/C34H41N3O4/c1-5-23-18-30(39-3)31(40-4)19-27(23)34(32(38)6-2)20-28(34)24-10-11-26(29(35)17-24)33(36)25-9-7-8-22(16-25)21-37-12-14-41-15-13-37/h7-11,16-19,28,36H,5-6,12-15,20-21,35H2,1-4H3. The topological polar surface area (TPSA) is 97.9 Å². The number of ketones is 1. The Morgan fingerprint density at radius 1 is 1.05 bits per heavy atom. The van der Waals surface area contributed by atoms with Crippen LogP contribution in [0.1, 0.15) is 66.0 Å². The number of rotatable bonds is 11. The Hall–Kier alpha value is -3.68. The molecule has 2 unspecified atom stereocenters. The van der Waals surface area contributed by atoms with Gasteiger partial charge in [0, 0.05) is 48.8 Å². The van der Waals surface area contributed by atoms with Crippen LogP contribution in [-0.4, -0.2) is 56.9 Å². The van der Waals surface area contributed by atoms with Crippen LogP contribution in [0.15, 0.2) is 54.6 Å². The quantitative estimate of drug-likeness (QED) is 0.240. The SMILES string of the molecule is CCC(=O)C1(c2cc(OC)c(OC)cc2CC)CC1c1ccc(C(=N)c2cccc(CN3CCOCC3)c2)c(N)c1. The van der Waals surface area contributed by atoms with Gasteiger partial charge in [0.2, 0.25) is 0 Å². The molecule has 7 heteroatoms. The lowest BCUT2D eigenvalue weighted by Gasteiger charge is -2.26. The van der Waals surface area contributed by atoms with Crippen LogP contribution in [0, 0.1) is 5.41 Å². The van der Waals surface area contributed by atoms with E-state index in [9.17, 15) is 4.79 Å². The number of carbonyl (C=O) groups is 1. The second kappa shape index (κ2) is 12.0. The van der Waals surface area contributed by atoms with Crippen molar-refractivity contribution in [2.75, 3.05) is 46.3 Å². The molecule has 0 bridgehead atoms. The summed E-state index contributed by atoms with van der Waals surface area (Å²) in [4.78, 5) is 15.9. The van der Waals surface area contributed by atoms with Gasteiger partial charge in [-0.15, -0.1) is 0 Å². The molecule has 1 saturated heterocycles. The van der Waals surface area contributed by atoms with Crippen molar-refractivity contribution in [3.63, 3.8) is 0 Å². The summed E-state index contributed by atoms with van der Waals surface area (Å²) in [6, 6.07) is 18.1. The van der Waals surface area contributed by atoms with E-state index >= 15 is 0 Å². The van der Waals surface area contributed by atoms with Crippen LogP contribution in [0.5, 0.6) is 11.5 Å². The lowest BCUT2D eigenvalue weighted by molar-refractivity contribution is -0.121. The minimum absolute atomic E-state index is 0.0146. The molecule has 0 radical (unpaired) electrons. The number of aryl methyl sites for hydroxylation is 1. The first-order chi connectivity index (χ1) is 19.9. The van der Waals surface area contributed by atoms with Crippen LogP contribution in [0.4, 0.5) is 5.69 Å². The molecule has 7 nitrogen and oxygen atoms in total. The summed E-state index contributed by atoms with van der Waals surface area (Å²) < 4.78 is 16.6. The van der Waals surface area contributed by atoms with Gasteiger partial charge < -0.3 is 19.9 Å². The molecule has 216 valence electrons. The zero-order chi connectivity index (χ0) is 29.1. The predicted molar refractivity (Wildman–Crippen MR) is 163 cm³/mol. The van der Waals surface area contributed by atoms with Gasteiger partial charge in [-0.05, 0) is 59.4 Å². The third kappa shape index (κ3) is 5.48. The Kier molecular flexibility index (Phi) is 8.47. The minimum atomic E-state index is -0.616. The van der Waals surface area contributed by atoms with E-state index in [4.69, 9.17) is 25.4 Å². The maximum absolute atomic E-state index is 13.6. The smallest absolute Gasteiger partial charge is 0.161 e. The Balaban J connectivity index is 1.43. The number of Topliss-reactive ketones (excluding diaryl/α,β-unsaturated/α-hetero) is 1. The lowest BCUT2D eigenvalue weighted by atomic mass is 9.82. The van der Waals surface area contributed by atoms with Crippen molar-refractivity contribution in [2.45, 2.75) is 51.0 Å². The zero-order valence-electron chi connectivity index (χ0n) is 24.6. The summed E-state index contributed by atoms with van der Waals surface area (Å²) in [6.45, 7) is 8.22. The fraction of sp³-hybridized carbons (Fsp3) is 0.412. The maximum Gasteiger partial charge on any atom is 0.161 e. The van der Waals surface area contributed by atoms with Gasteiger partial charge in [0.15, 0.2) is 11.5 Å². The van der Waals surface area contributed by atoms with Crippen LogP contribution >= 0.6 is 0 Å². The first kappa shape index (κ1) is 28.8. The Bertz CT molecular complexity index is 1450. The lowest BCUT2D eigenvalue weighted by Crippen LogP contribution is -2.35. The molecule has 5 rings (SSSR count). The van der Waals surface area contributed by atoms with E-state index in [2.05, 4.69) is 24.0 Å². The third-order valence-corrected chi connectivity index (χ3v) is 8.72. The second-order valence-corrected chi connectivity index (χ2v) is 11.0. The van der Waals surface area contributed by atoms with Crippen LogP contribution in [0.3, 0.4) is 0 Å². The number of ether oxygens (including phenoxy) is 3. The van der Waals surface area contributed by atoms with Crippen LogP contribution in [0.2, 0.25) is 0 Å². The molecule has 0 amide bonds. The molecule has 0 aromatic heterocycles. The van der Waals surface area contributed by atoms with Crippen molar-refractivity contribution in [1.82, 2.24) is 4.90 Å². The molecule has 2 atom stereocenters. The van der Waals surface area contributed by atoms with Gasteiger partial charge in [0.05, 0.1) is 38.6 Å². The molecular formula is C34H41N3O4. The van der Waals surface area contributed by atoms with E-state index in [0.717, 1.165) is 67.9 Å². The number of nitrogens with zero attached hydrogens (tertiary/aromatic N) is 1. The number of hydrogen-bond acceptors (Lipinski definition) is 7. The van der Waals surface area contributed by atoms with E-state index in [-0.39, 0.29) is 11.7 Å². The first-order valence-corrected chi connectivity index (χ1v) is 14.5. The van der Waals surface area contributed by atoms with Gasteiger partial charge in [0.25, 0.3) is 0 Å².